The van der Waals surface area contributed by atoms with Gasteiger partial charge in [-0.2, -0.15) is 0 Å². The molecule has 2 aliphatic carbocycles. The Bertz CT molecular complexity index is 1280. The molecule has 47 heavy (non-hydrogen) atoms. The van der Waals surface area contributed by atoms with Crippen molar-refractivity contribution in [1.82, 2.24) is 0 Å². The summed E-state index contributed by atoms with van der Waals surface area (Å²) in [4.78, 5) is 33.8. The Balaban J connectivity index is 0.929. The van der Waals surface area contributed by atoms with Crippen molar-refractivity contribution in [3.8, 4) is 0 Å². The molecule has 0 radical (unpaired) electrons. The molecule has 1 N–H and O–H groups in total. The number of aliphatic imine (C=N–C) groups is 2. The van der Waals surface area contributed by atoms with E-state index in [1.54, 1.807) is 0 Å². The SMILES string of the molecule is C=C1C(=O)O[C@@H]2[C@H](O)[C@@H](C)CC/C=C(/C=NCCCCCCCCCN=C/C3=C/CC[C@@]4(C)O[C@H]4[C@H]4OC(=O)C(=C)[C@@H]4CC3)CC[C@@H]12. The van der Waals surface area contributed by atoms with Crippen LogP contribution in [0.15, 0.2) is 57.6 Å². The van der Waals surface area contributed by atoms with Gasteiger partial charge in [0.05, 0.1) is 11.7 Å². The molecular weight excluding hydrogens is 592 g/mol. The van der Waals surface area contributed by atoms with E-state index < -0.39 is 12.2 Å². The van der Waals surface area contributed by atoms with Gasteiger partial charge in [-0.1, -0.05) is 64.3 Å². The molecule has 0 spiro atoms. The van der Waals surface area contributed by atoms with E-state index in [9.17, 15) is 14.7 Å². The van der Waals surface area contributed by atoms with Gasteiger partial charge in [-0.25, -0.2) is 9.59 Å². The predicted molar refractivity (Wildman–Crippen MR) is 186 cm³/mol. The van der Waals surface area contributed by atoms with E-state index >= 15 is 0 Å². The Morgan fingerprint density at radius 1 is 0.809 bits per heavy atom. The lowest BCUT2D eigenvalue weighted by Crippen LogP contribution is -2.36. The molecule has 5 rings (SSSR count). The van der Waals surface area contributed by atoms with Crippen molar-refractivity contribution < 1.29 is 28.9 Å². The molecule has 0 unspecified atom stereocenters. The molecule has 3 heterocycles. The topological polar surface area (TPSA) is 110 Å². The lowest BCUT2D eigenvalue weighted by Gasteiger charge is -2.28. The van der Waals surface area contributed by atoms with Gasteiger partial charge in [0.1, 0.15) is 18.3 Å². The lowest BCUT2D eigenvalue weighted by molar-refractivity contribution is -0.146. The molecule has 3 saturated heterocycles. The highest BCUT2D eigenvalue weighted by molar-refractivity contribution is 5.91. The van der Waals surface area contributed by atoms with E-state index in [2.05, 4.69) is 32.2 Å². The molecule has 3 fully saturated rings. The maximum atomic E-state index is 12.2. The molecule has 0 aromatic carbocycles. The number of rotatable bonds is 12. The quantitative estimate of drug-likeness (QED) is 0.0788. The molecule has 5 aliphatic rings. The second kappa shape index (κ2) is 16.5. The number of ether oxygens (including phenoxy) is 3. The Hall–Kier alpha value is -2.84. The van der Waals surface area contributed by atoms with Crippen molar-refractivity contribution in [2.75, 3.05) is 13.1 Å². The number of carbonyl (C=O) groups is 2. The second-order valence-corrected chi connectivity index (χ2v) is 14.6. The fourth-order valence-corrected chi connectivity index (χ4v) is 7.70. The third kappa shape index (κ3) is 9.20. The minimum absolute atomic E-state index is 0.00329. The maximum Gasteiger partial charge on any atom is 0.334 e. The summed E-state index contributed by atoms with van der Waals surface area (Å²) in [6.07, 6.45) is 22.5. The largest absolute Gasteiger partial charge is 0.456 e. The maximum absolute atomic E-state index is 12.2. The summed E-state index contributed by atoms with van der Waals surface area (Å²) in [7, 11) is 0. The number of nitrogens with zero attached hydrogens (tertiary/aromatic N) is 2. The van der Waals surface area contributed by atoms with E-state index in [1.165, 1.54) is 43.3 Å². The summed E-state index contributed by atoms with van der Waals surface area (Å²) in [5, 5.41) is 10.7. The fraction of sp³-hybridized carbons (Fsp3) is 0.692. The number of hydrogen-bond acceptors (Lipinski definition) is 8. The van der Waals surface area contributed by atoms with E-state index in [4.69, 9.17) is 24.2 Å². The zero-order valence-electron chi connectivity index (χ0n) is 28.7. The first-order chi connectivity index (χ1) is 22.7. The summed E-state index contributed by atoms with van der Waals surface area (Å²) in [5.41, 5.74) is 3.33. The van der Waals surface area contributed by atoms with Crippen LogP contribution in [0.5, 0.6) is 0 Å². The average Bonchev–Trinajstić information content (AvgIpc) is 3.53. The normalized spacial score (nSPS) is 37.0. The number of carbonyl (C=O) groups excluding carboxylic acids is 2. The number of allylic oxidation sites excluding steroid dienone is 4. The third-order valence-electron chi connectivity index (χ3n) is 11.0. The average molecular weight is 649 g/mol. The predicted octanol–water partition coefficient (Wildman–Crippen LogP) is 7.21. The number of fused-ring (bicyclic) bond motifs is 4. The third-order valence-corrected chi connectivity index (χ3v) is 11.0. The zero-order valence-corrected chi connectivity index (χ0v) is 28.7. The van der Waals surface area contributed by atoms with Crippen molar-refractivity contribution in [3.63, 3.8) is 0 Å². The Morgan fingerprint density at radius 2 is 1.32 bits per heavy atom. The smallest absolute Gasteiger partial charge is 0.334 e. The summed E-state index contributed by atoms with van der Waals surface area (Å²) in [5.74, 6) is -0.674. The number of hydrogen-bond donors (Lipinski definition) is 1. The number of epoxide rings is 1. The van der Waals surface area contributed by atoms with Crippen LogP contribution in [0.25, 0.3) is 0 Å². The standard InChI is InChI=1S/C39H56N2O6/c1-26-14-12-15-29(17-19-31-27(2)37(43)45-34(31)33(26)42)24-40-22-10-8-6-5-7-9-11-23-41-25-30-16-13-21-39(4)36(47-39)35-32(20-18-30)28(3)38(44)46-35/h15-16,24-26,31-36,42H,2-3,5-14,17-23H2,1,4H3/b29-15+,30-16+,40-24?,41-25?/t26-,31-,32-,33+,34-,35-,36-,39+/m0/s1. The molecule has 3 aliphatic heterocycles. The minimum atomic E-state index is -0.646. The van der Waals surface area contributed by atoms with Crippen molar-refractivity contribution in [2.45, 2.75) is 140 Å². The van der Waals surface area contributed by atoms with Gasteiger partial charge in [0, 0.05) is 48.5 Å². The van der Waals surface area contributed by atoms with Gasteiger partial charge >= 0.3 is 11.9 Å². The van der Waals surface area contributed by atoms with Crippen molar-refractivity contribution in [1.29, 1.82) is 0 Å². The monoisotopic (exact) mass is 648 g/mol. The number of aliphatic hydroxyl groups is 1. The highest BCUT2D eigenvalue weighted by Crippen LogP contribution is 2.49. The van der Waals surface area contributed by atoms with Crippen molar-refractivity contribution in [3.05, 3.63) is 47.6 Å². The van der Waals surface area contributed by atoms with Gasteiger partial charge < -0.3 is 19.3 Å². The van der Waals surface area contributed by atoms with Crippen LogP contribution in [-0.4, -0.2) is 72.6 Å². The first-order valence-electron chi connectivity index (χ1n) is 18.2. The lowest BCUT2D eigenvalue weighted by atomic mass is 9.82. The van der Waals surface area contributed by atoms with Crippen molar-refractivity contribution in [2.24, 2.45) is 27.7 Å². The number of aliphatic hydroxyl groups excluding tert-OH is 1. The van der Waals surface area contributed by atoms with Crippen LogP contribution < -0.4 is 0 Å². The molecule has 0 amide bonds. The Labute approximate surface area is 281 Å². The summed E-state index contributed by atoms with van der Waals surface area (Å²) >= 11 is 0. The van der Waals surface area contributed by atoms with E-state index in [0.717, 1.165) is 77.3 Å². The minimum Gasteiger partial charge on any atom is -0.456 e. The Morgan fingerprint density at radius 3 is 1.91 bits per heavy atom. The van der Waals surface area contributed by atoms with Gasteiger partial charge in [-0.15, -0.1) is 0 Å². The fourth-order valence-electron chi connectivity index (χ4n) is 7.70. The number of unbranched alkanes of at least 4 members (excludes halogenated alkanes) is 6. The highest BCUT2D eigenvalue weighted by Gasteiger charge is 2.61. The first kappa shape index (κ1) is 35.5. The van der Waals surface area contributed by atoms with Crippen LogP contribution >= 0.6 is 0 Å². The molecule has 8 heteroatoms. The van der Waals surface area contributed by atoms with Gasteiger partial charge in [0.25, 0.3) is 0 Å². The summed E-state index contributed by atoms with van der Waals surface area (Å²) < 4.78 is 17.2. The zero-order chi connectivity index (χ0) is 33.4. The van der Waals surface area contributed by atoms with Gasteiger partial charge in [-0.3, -0.25) is 9.98 Å². The second-order valence-electron chi connectivity index (χ2n) is 14.6. The molecule has 0 aromatic rings. The molecule has 258 valence electrons. The van der Waals surface area contributed by atoms with Crippen LogP contribution in [0, 0.1) is 17.8 Å². The van der Waals surface area contributed by atoms with Crippen LogP contribution in [0.4, 0.5) is 0 Å². The molecular formula is C39H56N2O6. The van der Waals surface area contributed by atoms with Gasteiger partial charge in [0.2, 0.25) is 0 Å². The molecule has 8 nitrogen and oxygen atoms in total. The van der Waals surface area contributed by atoms with Gasteiger partial charge in [-0.05, 0) is 88.2 Å². The van der Waals surface area contributed by atoms with E-state index in [-0.39, 0.29) is 47.5 Å². The number of esters is 2. The molecule has 8 atom stereocenters. The van der Waals surface area contributed by atoms with Crippen LogP contribution in [-0.2, 0) is 23.8 Å². The van der Waals surface area contributed by atoms with Crippen LogP contribution in [0.2, 0.25) is 0 Å². The molecule has 0 saturated carbocycles. The van der Waals surface area contributed by atoms with Gasteiger partial charge in [0.15, 0.2) is 0 Å². The van der Waals surface area contributed by atoms with Crippen molar-refractivity contribution >= 4 is 24.4 Å². The summed E-state index contributed by atoms with van der Waals surface area (Å²) in [6, 6.07) is 0. The molecule has 0 bridgehead atoms. The summed E-state index contributed by atoms with van der Waals surface area (Å²) in [6.45, 7) is 13.8. The Kier molecular flexibility index (Phi) is 12.5. The van der Waals surface area contributed by atoms with Crippen LogP contribution in [0.3, 0.4) is 0 Å². The van der Waals surface area contributed by atoms with Crippen LogP contribution in [0.1, 0.15) is 110 Å². The van der Waals surface area contributed by atoms with E-state index in [1.807, 2.05) is 19.4 Å². The molecule has 0 aromatic heterocycles. The van der Waals surface area contributed by atoms with E-state index in [0.29, 0.717) is 11.1 Å². The first-order valence-corrected chi connectivity index (χ1v) is 18.2. The highest BCUT2D eigenvalue weighted by atomic mass is 16.6.